The number of nitrogens with one attached hydrogen (secondary N) is 2. The van der Waals surface area contributed by atoms with Crippen LogP contribution in [0.4, 0.5) is 11.4 Å². The first-order chi connectivity index (χ1) is 17.8. The van der Waals surface area contributed by atoms with Gasteiger partial charge in [0.25, 0.3) is 5.91 Å². The lowest BCUT2D eigenvalue weighted by Gasteiger charge is -2.33. The van der Waals surface area contributed by atoms with Gasteiger partial charge in [-0.3, -0.25) is 23.1 Å². The minimum atomic E-state index is -2.58. The standard InChI is InChI=1S/C27H25BrN4O4S/c1-18(32(37(35)36)25-12-9-20-4-2-3-5-21(20)15-25)30-26(33)13-8-19-6-10-24(11-7-19)31-27(34)22-14-23(28)17-29-16-22/h2-7,9-12,14-18H,8,13H2,1H3,(H,30,33)(H,31,34)(H,35,36)/p-1. The number of nitrogens with zero attached hydrogens (tertiary/aromatic N) is 2. The number of amides is 2. The number of pyridine rings is 1. The minimum absolute atomic E-state index is 0.177. The average molecular weight is 580 g/mol. The summed E-state index contributed by atoms with van der Waals surface area (Å²) in [5, 5.41) is 7.48. The maximum atomic E-state index is 12.6. The van der Waals surface area contributed by atoms with Gasteiger partial charge in [0.05, 0.1) is 11.3 Å². The van der Waals surface area contributed by atoms with Gasteiger partial charge in [0.1, 0.15) is 6.17 Å². The van der Waals surface area contributed by atoms with Crippen LogP contribution in [0.1, 0.15) is 29.3 Å². The molecule has 2 N–H and O–H groups in total. The van der Waals surface area contributed by atoms with E-state index < -0.39 is 17.4 Å². The molecule has 2 atom stereocenters. The molecule has 2 unspecified atom stereocenters. The molecule has 0 fully saturated rings. The molecule has 190 valence electrons. The van der Waals surface area contributed by atoms with Crippen molar-refractivity contribution in [1.29, 1.82) is 0 Å². The SMILES string of the molecule is CC(NC(=O)CCc1ccc(NC(=O)c2cncc(Br)c2)cc1)N(c1ccc2ccccc2c1)S(=O)[O-]. The molecule has 3 aromatic carbocycles. The topological polar surface area (TPSA) is 114 Å². The molecule has 0 bridgehead atoms. The Balaban J connectivity index is 1.32. The summed E-state index contributed by atoms with van der Waals surface area (Å²) in [4.78, 5) is 28.9. The zero-order chi connectivity index (χ0) is 26.4. The molecular formula is C27H24BrN4O4S-. The van der Waals surface area contributed by atoms with E-state index in [9.17, 15) is 18.4 Å². The number of hydrogen-bond donors (Lipinski definition) is 2. The van der Waals surface area contributed by atoms with Crippen molar-refractivity contribution in [2.75, 3.05) is 9.62 Å². The van der Waals surface area contributed by atoms with E-state index in [0.29, 0.717) is 27.8 Å². The third kappa shape index (κ3) is 7.00. The third-order valence-electron chi connectivity index (χ3n) is 5.69. The van der Waals surface area contributed by atoms with E-state index in [1.807, 2.05) is 42.5 Å². The van der Waals surface area contributed by atoms with Crippen LogP contribution >= 0.6 is 15.9 Å². The normalized spacial score (nSPS) is 12.5. The molecule has 0 aliphatic carbocycles. The highest BCUT2D eigenvalue weighted by atomic mass is 79.9. The summed E-state index contributed by atoms with van der Waals surface area (Å²) in [5.41, 5.74) is 2.43. The van der Waals surface area contributed by atoms with Crippen LogP contribution in [0.2, 0.25) is 0 Å². The van der Waals surface area contributed by atoms with E-state index in [4.69, 9.17) is 0 Å². The van der Waals surface area contributed by atoms with E-state index >= 15 is 0 Å². The van der Waals surface area contributed by atoms with E-state index in [-0.39, 0.29) is 18.2 Å². The number of carbonyl (C=O) groups excluding carboxylic acids is 2. The highest BCUT2D eigenvalue weighted by Crippen LogP contribution is 2.24. The molecule has 37 heavy (non-hydrogen) atoms. The average Bonchev–Trinajstić information content (AvgIpc) is 2.88. The van der Waals surface area contributed by atoms with Gasteiger partial charge in [-0.05, 0) is 75.9 Å². The van der Waals surface area contributed by atoms with Crippen molar-refractivity contribution >= 4 is 61.2 Å². The summed E-state index contributed by atoms with van der Waals surface area (Å²) in [5.74, 6) is -0.551. The van der Waals surface area contributed by atoms with Crippen LogP contribution in [0, 0.1) is 0 Å². The first kappa shape index (κ1) is 26.5. The van der Waals surface area contributed by atoms with Crippen molar-refractivity contribution in [2.45, 2.75) is 25.9 Å². The summed E-state index contributed by atoms with van der Waals surface area (Å²) in [6.07, 6.45) is 2.95. The second kappa shape index (κ2) is 12.1. The summed E-state index contributed by atoms with van der Waals surface area (Å²) >= 11 is 0.717. The van der Waals surface area contributed by atoms with Crippen LogP contribution in [0.3, 0.4) is 0 Å². The zero-order valence-corrected chi connectivity index (χ0v) is 22.3. The van der Waals surface area contributed by atoms with Crippen LogP contribution in [0.25, 0.3) is 10.8 Å². The molecule has 0 radical (unpaired) electrons. The minimum Gasteiger partial charge on any atom is -0.755 e. The van der Waals surface area contributed by atoms with Crippen molar-refractivity contribution < 1.29 is 18.4 Å². The number of aromatic nitrogens is 1. The molecule has 0 saturated carbocycles. The molecular weight excluding hydrogens is 556 g/mol. The Morgan fingerprint density at radius 2 is 1.76 bits per heavy atom. The number of aryl methyl sites for hydroxylation is 1. The van der Waals surface area contributed by atoms with Gasteiger partial charge in [0.2, 0.25) is 5.91 Å². The molecule has 1 aromatic heterocycles. The van der Waals surface area contributed by atoms with Crippen LogP contribution in [-0.2, 0) is 22.5 Å². The first-order valence-electron chi connectivity index (χ1n) is 11.5. The first-order valence-corrected chi connectivity index (χ1v) is 13.3. The number of anilines is 2. The zero-order valence-electron chi connectivity index (χ0n) is 19.9. The summed E-state index contributed by atoms with van der Waals surface area (Å²) in [6, 6.07) is 21.9. The lowest BCUT2D eigenvalue weighted by Crippen LogP contribution is -2.47. The number of hydrogen-bond acceptors (Lipinski definition) is 5. The summed E-state index contributed by atoms with van der Waals surface area (Å²) < 4.78 is 25.8. The maximum absolute atomic E-state index is 12.6. The van der Waals surface area contributed by atoms with Gasteiger partial charge in [-0.1, -0.05) is 42.5 Å². The van der Waals surface area contributed by atoms with Crippen molar-refractivity contribution in [3.05, 3.63) is 101 Å². The highest BCUT2D eigenvalue weighted by molar-refractivity contribution is 9.10. The van der Waals surface area contributed by atoms with Crippen molar-refractivity contribution in [1.82, 2.24) is 10.3 Å². The second-order valence-electron chi connectivity index (χ2n) is 8.36. The highest BCUT2D eigenvalue weighted by Gasteiger charge is 2.18. The third-order valence-corrected chi connectivity index (χ3v) is 6.97. The lowest BCUT2D eigenvalue weighted by molar-refractivity contribution is -0.121. The van der Waals surface area contributed by atoms with Gasteiger partial charge in [-0.25, -0.2) is 0 Å². The fourth-order valence-electron chi connectivity index (χ4n) is 3.87. The fourth-order valence-corrected chi connectivity index (χ4v) is 4.83. The Kier molecular flexibility index (Phi) is 8.65. The Hall–Kier alpha value is -3.60. The predicted octanol–water partition coefficient (Wildman–Crippen LogP) is 4.95. The molecule has 1 heterocycles. The van der Waals surface area contributed by atoms with Crippen LogP contribution in [-0.4, -0.2) is 31.7 Å². The quantitative estimate of drug-likeness (QED) is 0.215. The van der Waals surface area contributed by atoms with Gasteiger partial charge in [-0.2, -0.15) is 0 Å². The molecule has 10 heteroatoms. The number of benzene rings is 3. The van der Waals surface area contributed by atoms with Crippen LogP contribution in [0.5, 0.6) is 0 Å². The monoisotopic (exact) mass is 579 g/mol. The summed E-state index contributed by atoms with van der Waals surface area (Å²) in [6.45, 7) is 1.63. The molecule has 4 rings (SSSR count). The molecule has 4 aromatic rings. The number of rotatable bonds is 9. The van der Waals surface area contributed by atoms with Crippen LogP contribution in [0.15, 0.2) is 89.7 Å². The van der Waals surface area contributed by atoms with Gasteiger partial charge in [0.15, 0.2) is 0 Å². The largest absolute Gasteiger partial charge is 0.755 e. The fraction of sp³-hybridized carbons (Fsp3) is 0.148. The molecule has 0 saturated heterocycles. The van der Waals surface area contributed by atoms with E-state index in [1.165, 1.54) is 6.20 Å². The second-order valence-corrected chi connectivity index (χ2v) is 10.1. The smallest absolute Gasteiger partial charge is 0.257 e. The van der Waals surface area contributed by atoms with Gasteiger partial charge < -0.3 is 15.2 Å². The van der Waals surface area contributed by atoms with Crippen molar-refractivity contribution in [2.24, 2.45) is 0 Å². The summed E-state index contributed by atoms with van der Waals surface area (Å²) in [7, 11) is 0. The van der Waals surface area contributed by atoms with Gasteiger partial charge in [-0.15, -0.1) is 0 Å². The molecule has 2 amide bonds. The van der Waals surface area contributed by atoms with Gasteiger partial charge >= 0.3 is 0 Å². The lowest BCUT2D eigenvalue weighted by atomic mass is 10.1. The maximum Gasteiger partial charge on any atom is 0.257 e. The molecule has 8 nitrogen and oxygen atoms in total. The van der Waals surface area contributed by atoms with Gasteiger partial charge in [0, 0.05) is 40.2 Å². The Morgan fingerprint density at radius 1 is 1.03 bits per heavy atom. The van der Waals surface area contributed by atoms with Crippen molar-refractivity contribution in [3.63, 3.8) is 0 Å². The predicted molar refractivity (Wildman–Crippen MR) is 148 cm³/mol. The Morgan fingerprint density at radius 3 is 2.46 bits per heavy atom. The Bertz CT molecular complexity index is 1450. The Labute approximate surface area is 225 Å². The van der Waals surface area contributed by atoms with E-state index in [2.05, 4.69) is 31.5 Å². The number of carbonyl (C=O) groups is 2. The molecule has 0 spiro atoms. The molecule has 0 aliphatic rings. The van der Waals surface area contributed by atoms with E-state index in [1.54, 1.807) is 43.5 Å². The molecule has 0 aliphatic heterocycles. The van der Waals surface area contributed by atoms with E-state index in [0.717, 1.165) is 20.6 Å². The number of fused-ring (bicyclic) bond motifs is 1. The van der Waals surface area contributed by atoms with Crippen LogP contribution < -0.4 is 14.9 Å². The van der Waals surface area contributed by atoms with Crippen molar-refractivity contribution in [3.8, 4) is 0 Å². The number of halogens is 1.